The Morgan fingerprint density at radius 1 is 0.275 bits per heavy atom. The van der Waals surface area contributed by atoms with E-state index < -0.39 is 0 Å². The topological polar surface area (TPSA) is 23.0 Å². The van der Waals surface area contributed by atoms with Crippen molar-refractivity contribution in [2.24, 2.45) is 0 Å². The molecule has 51 heavy (non-hydrogen) atoms. The van der Waals surface area contributed by atoms with Gasteiger partial charge >= 0.3 is 0 Å². The molecule has 0 atom stereocenters. The van der Waals surface area contributed by atoms with Crippen LogP contribution < -0.4 is 0 Å². The van der Waals surface area contributed by atoms with Crippen molar-refractivity contribution in [3.05, 3.63) is 170 Å². The number of nitrogens with zero attached hydrogens (tertiary/aromatic N) is 2. The summed E-state index contributed by atoms with van der Waals surface area (Å²) in [6, 6.07) is 61.8. The van der Waals surface area contributed by atoms with Crippen LogP contribution in [-0.2, 0) is 0 Å². The fourth-order valence-electron chi connectivity index (χ4n) is 8.96. The SMILES string of the molecule is c1ccc2c(c1)oc1cc(-n3c4ccccc4c4c5c6ccccc6n(-c6ccc7c8ccccc8c8ccccc8c7c6)c5ccc43)ccc12. The van der Waals surface area contributed by atoms with E-state index in [9.17, 15) is 0 Å². The molecular weight excluding hydrogens is 621 g/mol. The Bertz CT molecular complexity index is 3390. The van der Waals surface area contributed by atoms with Crippen molar-refractivity contribution in [3.63, 3.8) is 0 Å². The minimum atomic E-state index is 0.897. The van der Waals surface area contributed by atoms with Crippen LogP contribution >= 0.6 is 0 Å². The van der Waals surface area contributed by atoms with Crippen LogP contribution in [0.2, 0.25) is 0 Å². The van der Waals surface area contributed by atoms with Crippen molar-refractivity contribution in [2.45, 2.75) is 0 Å². The number of furan rings is 1. The molecule has 236 valence electrons. The van der Waals surface area contributed by atoms with Gasteiger partial charge in [0, 0.05) is 49.8 Å². The first-order valence-electron chi connectivity index (χ1n) is 17.5. The molecule has 0 unspecified atom stereocenters. The summed E-state index contributed by atoms with van der Waals surface area (Å²) in [7, 11) is 0. The summed E-state index contributed by atoms with van der Waals surface area (Å²) in [4.78, 5) is 0. The Morgan fingerprint density at radius 3 is 1.27 bits per heavy atom. The fraction of sp³-hybridized carbons (Fsp3) is 0. The third kappa shape index (κ3) is 3.57. The number of hydrogen-bond acceptors (Lipinski definition) is 1. The van der Waals surface area contributed by atoms with Crippen molar-refractivity contribution >= 4 is 97.9 Å². The van der Waals surface area contributed by atoms with Gasteiger partial charge in [0.15, 0.2) is 0 Å². The van der Waals surface area contributed by atoms with Crippen LogP contribution in [0.1, 0.15) is 0 Å². The normalized spacial score (nSPS) is 12.3. The predicted octanol–water partition coefficient (Wildman–Crippen LogP) is 13.2. The number of fused-ring (bicyclic) bond motifs is 16. The molecular formula is C48H28N2O. The molecule has 0 fully saturated rings. The molecule has 12 aromatic rings. The van der Waals surface area contributed by atoms with Crippen LogP contribution in [0.3, 0.4) is 0 Å². The van der Waals surface area contributed by atoms with Crippen molar-refractivity contribution < 1.29 is 4.42 Å². The predicted molar refractivity (Wildman–Crippen MR) is 215 cm³/mol. The first-order chi connectivity index (χ1) is 25.3. The molecule has 0 saturated heterocycles. The van der Waals surface area contributed by atoms with E-state index in [1.54, 1.807) is 0 Å². The molecule has 0 saturated carbocycles. The maximum atomic E-state index is 6.36. The van der Waals surface area contributed by atoms with E-state index in [1.807, 2.05) is 12.1 Å². The smallest absolute Gasteiger partial charge is 0.137 e. The van der Waals surface area contributed by atoms with Gasteiger partial charge in [0.2, 0.25) is 0 Å². The summed E-state index contributed by atoms with van der Waals surface area (Å²) < 4.78 is 11.2. The van der Waals surface area contributed by atoms with Gasteiger partial charge < -0.3 is 13.6 Å². The van der Waals surface area contributed by atoms with E-state index in [2.05, 4.69) is 167 Å². The van der Waals surface area contributed by atoms with Crippen LogP contribution in [0.25, 0.3) is 109 Å². The molecule has 0 aliphatic rings. The van der Waals surface area contributed by atoms with Gasteiger partial charge in [0.25, 0.3) is 0 Å². The largest absolute Gasteiger partial charge is 0.456 e. The van der Waals surface area contributed by atoms with Crippen LogP contribution in [0, 0.1) is 0 Å². The second-order valence-corrected chi connectivity index (χ2v) is 13.7. The van der Waals surface area contributed by atoms with Gasteiger partial charge in [-0.25, -0.2) is 0 Å². The van der Waals surface area contributed by atoms with E-state index >= 15 is 0 Å². The Labute approximate surface area is 291 Å². The molecule has 0 aliphatic carbocycles. The first kappa shape index (κ1) is 27.0. The van der Waals surface area contributed by atoms with E-state index in [0.717, 1.165) is 33.3 Å². The summed E-state index contributed by atoms with van der Waals surface area (Å²) in [6.45, 7) is 0. The van der Waals surface area contributed by atoms with Crippen LogP contribution in [-0.4, -0.2) is 9.13 Å². The highest BCUT2D eigenvalue weighted by Crippen LogP contribution is 2.44. The highest BCUT2D eigenvalue weighted by Gasteiger charge is 2.21. The summed E-state index contributed by atoms with van der Waals surface area (Å²) in [6.07, 6.45) is 0. The quantitative estimate of drug-likeness (QED) is 0.171. The van der Waals surface area contributed by atoms with E-state index in [-0.39, 0.29) is 0 Å². The Kier molecular flexibility index (Phi) is 5.23. The molecule has 9 aromatic carbocycles. The van der Waals surface area contributed by atoms with E-state index in [4.69, 9.17) is 4.42 Å². The van der Waals surface area contributed by atoms with Crippen LogP contribution in [0.4, 0.5) is 0 Å². The van der Waals surface area contributed by atoms with Gasteiger partial charge in [-0.2, -0.15) is 0 Å². The number of rotatable bonds is 2. The maximum Gasteiger partial charge on any atom is 0.137 e. The summed E-state index contributed by atoms with van der Waals surface area (Å²) in [5.41, 5.74) is 8.81. The second-order valence-electron chi connectivity index (χ2n) is 13.7. The van der Waals surface area contributed by atoms with Gasteiger partial charge in [-0.15, -0.1) is 0 Å². The summed E-state index contributed by atoms with van der Waals surface area (Å²) in [5, 5.41) is 15.0. The molecule has 3 heteroatoms. The lowest BCUT2D eigenvalue weighted by atomic mass is 9.94. The Balaban J connectivity index is 1.17. The highest BCUT2D eigenvalue weighted by atomic mass is 16.3. The number of aromatic nitrogens is 2. The lowest BCUT2D eigenvalue weighted by molar-refractivity contribution is 0.668. The molecule has 12 rings (SSSR count). The zero-order chi connectivity index (χ0) is 33.2. The van der Waals surface area contributed by atoms with Crippen molar-refractivity contribution in [1.82, 2.24) is 9.13 Å². The monoisotopic (exact) mass is 648 g/mol. The zero-order valence-corrected chi connectivity index (χ0v) is 27.5. The van der Waals surface area contributed by atoms with Crippen LogP contribution in [0.15, 0.2) is 174 Å². The van der Waals surface area contributed by atoms with E-state index in [1.165, 1.54) is 75.9 Å². The molecule has 3 nitrogen and oxygen atoms in total. The molecule has 0 N–H and O–H groups in total. The fourth-order valence-corrected chi connectivity index (χ4v) is 8.96. The highest BCUT2D eigenvalue weighted by molar-refractivity contribution is 6.29. The Morgan fingerprint density at radius 2 is 0.686 bits per heavy atom. The molecule has 0 aliphatic heterocycles. The molecule has 0 bridgehead atoms. The van der Waals surface area contributed by atoms with Crippen LogP contribution in [0.5, 0.6) is 0 Å². The Hall–Kier alpha value is -6.84. The number of hydrogen-bond donors (Lipinski definition) is 0. The minimum absolute atomic E-state index is 0.897. The van der Waals surface area contributed by atoms with Gasteiger partial charge in [0.05, 0.1) is 22.1 Å². The van der Waals surface area contributed by atoms with Crippen molar-refractivity contribution in [2.75, 3.05) is 0 Å². The molecule has 3 aromatic heterocycles. The van der Waals surface area contributed by atoms with Gasteiger partial charge in [-0.05, 0) is 86.9 Å². The standard InChI is InChI=1S/C48H28N2O/c1-2-13-33-31(11-1)32-12-3-4-14-34(32)40-27-29(21-23-35(33)40)49-41-18-8-5-16-38(41)47-43(49)25-26-44-48(47)39-17-6-9-19-42(39)50(44)30-22-24-37-36-15-7-10-20-45(36)51-46(37)28-30/h1-28H. The van der Waals surface area contributed by atoms with Crippen molar-refractivity contribution in [1.29, 1.82) is 0 Å². The van der Waals surface area contributed by atoms with Gasteiger partial charge in [-0.1, -0.05) is 109 Å². The lowest BCUT2D eigenvalue weighted by Gasteiger charge is -2.14. The van der Waals surface area contributed by atoms with E-state index in [0.29, 0.717) is 0 Å². The first-order valence-corrected chi connectivity index (χ1v) is 17.5. The average molecular weight is 649 g/mol. The minimum Gasteiger partial charge on any atom is -0.456 e. The maximum absolute atomic E-state index is 6.36. The average Bonchev–Trinajstić information content (AvgIpc) is 3.85. The lowest BCUT2D eigenvalue weighted by Crippen LogP contribution is -1.95. The van der Waals surface area contributed by atoms with Gasteiger partial charge in [-0.3, -0.25) is 0 Å². The van der Waals surface area contributed by atoms with Crippen molar-refractivity contribution in [3.8, 4) is 11.4 Å². The second kappa shape index (κ2) is 9.87. The van der Waals surface area contributed by atoms with Gasteiger partial charge in [0.1, 0.15) is 11.2 Å². The molecule has 3 heterocycles. The number of para-hydroxylation sites is 3. The number of benzene rings is 9. The zero-order valence-electron chi connectivity index (χ0n) is 27.5. The molecule has 0 radical (unpaired) electrons. The summed E-state index contributed by atoms with van der Waals surface area (Å²) in [5.74, 6) is 0. The third-order valence-electron chi connectivity index (χ3n) is 11.1. The molecule has 0 spiro atoms. The summed E-state index contributed by atoms with van der Waals surface area (Å²) >= 11 is 0. The third-order valence-corrected chi connectivity index (χ3v) is 11.1. The molecule has 0 amide bonds.